The molecule has 128 valence electrons. The molecule has 4 heterocycles. The minimum Gasteiger partial charge on any atom is -0.373 e. The molecule has 2 saturated heterocycles. The van der Waals surface area contributed by atoms with Crippen LogP contribution in [0.3, 0.4) is 0 Å². The molecule has 0 unspecified atom stereocenters. The van der Waals surface area contributed by atoms with Crippen molar-refractivity contribution in [1.82, 2.24) is 15.0 Å². The molecule has 6 nitrogen and oxygen atoms in total. The van der Waals surface area contributed by atoms with Crippen LogP contribution in [-0.4, -0.2) is 59.3 Å². The van der Waals surface area contributed by atoms with E-state index in [0.717, 1.165) is 35.0 Å². The normalized spacial score (nSPS) is 24.3. The number of fused-ring (bicyclic) bond motifs is 1. The molecule has 24 heavy (non-hydrogen) atoms. The van der Waals surface area contributed by atoms with Crippen molar-refractivity contribution in [3.05, 3.63) is 39.4 Å². The molecule has 0 bridgehead atoms. The lowest BCUT2D eigenvalue weighted by Gasteiger charge is -2.36. The second-order valence-corrected chi connectivity index (χ2v) is 7.38. The monoisotopic (exact) mass is 347 g/mol. The van der Waals surface area contributed by atoms with Crippen LogP contribution in [0.15, 0.2) is 22.0 Å². The highest BCUT2D eigenvalue weighted by Crippen LogP contribution is 2.27. The summed E-state index contributed by atoms with van der Waals surface area (Å²) < 4.78 is 11.2. The third-order valence-electron chi connectivity index (χ3n) is 4.98. The second-order valence-electron chi connectivity index (χ2n) is 6.44. The van der Waals surface area contributed by atoms with Gasteiger partial charge in [0.25, 0.3) is 5.91 Å². The van der Waals surface area contributed by atoms with Crippen LogP contribution < -0.4 is 0 Å². The third-order valence-corrected chi connectivity index (χ3v) is 5.84. The summed E-state index contributed by atoms with van der Waals surface area (Å²) in [5.74, 6) is 0.986. The van der Waals surface area contributed by atoms with Crippen molar-refractivity contribution in [2.45, 2.75) is 32.5 Å². The molecule has 4 rings (SSSR count). The van der Waals surface area contributed by atoms with Crippen molar-refractivity contribution in [2.24, 2.45) is 0 Å². The molecule has 2 aromatic heterocycles. The second kappa shape index (κ2) is 6.31. The molecule has 2 aliphatic rings. The highest BCUT2D eigenvalue weighted by molar-refractivity contribution is 7.12. The van der Waals surface area contributed by atoms with Crippen molar-refractivity contribution in [1.29, 1.82) is 0 Å². The Bertz CT molecular complexity index is 708. The number of rotatable bonds is 3. The maximum absolute atomic E-state index is 12.6. The fourth-order valence-electron chi connectivity index (χ4n) is 3.61. The highest BCUT2D eigenvalue weighted by Gasteiger charge is 2.42. The van der Waals surface area contributed by atoms with Crippen molar-refractivity contribution in [3.63, 3.8) is 0 Å². The van der Waals surface area contributed by atoms with Crippen LogP contribution in [-0.2, 0) is 11.3 Å². The molecule has 0 saturated carbocycles. The average molecular weight is 347 g/mol. The molecular weight excluding hydrogens is 326 g/mol. The maximum Gasteiger partial charge on any atom is 0.264 e. The van der Waals surface area contributed by atoms with E-state index in [1.54, 1.807) is 0 Å². The van der Waals surface area contributed by atoms with Gasteiger partial charge in [0.1, 0.15) is 5.76 Å². The molecule has 0 aliphatic carbocycles. The van der Waals surface area contributed by atoms with Crippen molar-refractivity contribution >= 4 is 17.2 Å². The van der Waals surface area contributed by atoms with Crippen LogP contribution in [0, 0.1) is 13.8 Å². The summed E-state index contributed by atoms with van der Waals surface area (Å²) in [7, 11) is 0. The van der Waals surface area contributed by atoms with Crippen molar-refractivity contribution in [2.75, 3.05) is 26.2 Å². The summed E-state index contributed by atoms with van der Waals surface area (Å²) in [4.78, 5) is 17.7. The molecule has 1 amide bonds. The van der Waals surface area contributed by atoms with Gasteiger partial charge in [-0.1, -0.05) is 11.2 Å². The number of carbonyl (C=O) groups is 1. The molecule has 0 radical (unpaired) electrons. The Morgan fingerprint density at radius 3 is 3.00 bits per heavy atom. The number of morpholine rings is 1. The zero-order valence-electron chi connectivity index (χ0n) is 13.9. The minimum absolute atomic E-state index is 0.0862. The molecule has 2 aromatic rings. The van der Waals surface area contributed by atoms with Gasteiger partial charge in [0.05, 0.1) is 29.3 Å². The van der Waals surface area contributed by atoms with Gasteiger partial charge >= 0.3 is 0 Å². The molecule has 0 aromatic carbocycles. The highest BCUT2D eigenvalue weighted by atomic mass is 32.1. The molecule has 0 N–H and O–H groups in total. The van der Waals surface area contributed by atoms with E-state index in [0.29, 0.717) is 19.7 Å². The van der Waals surface area contributed by atoms with Crippen molar-refractivity contribution < 1.29 is 14.1 Å². The number of hydrogen-bond acceptors (Lipinski definition) is 6. The molecule has 2 atom stereocenters. The largest absolute Gasteiger partial charge is 0.373 e. The number of thiophene rings is 1. The molecule has 0 spiro atoms. The van der Waals surface area contributed by atoms with Crippen LogP contribution in [0.2, 0.25) is 0 Å². The summed E-state index contributed by atoms with van der Waals surface area (Å²) in [6.45, 7) is 7.68. The zero-order valence-corrected chi connectivity index (χ0v) is 14.7. The molecule has 7 heteroatoms. The van der Waals surface area contributed by atoms with Crippen molar-refractivity contribution in [3.8, 4) is 0 Å². The summed E-state index contributed by atoms with van der Waals surface area (Å²) >= 11 is 1.49. The van der Waals surface area contributed by atoms with Crippen LogP contribution >= 0.6 is 11.3 Å². The number of likely N-dealkylation sites (tertiary alicyclic amines) is 1. The number of hydrogen-bond donors (Lipinski definition) is 0. The van der Waals surface area contributed by atoms with E-state index < -0.39 is 0 Å². The molecule has 2 fully saturated rings. The van der Waals surface area contributed by atoms with Gasteiger partial charge in [-0.25, -0.2) is 0 Å². The smallest absolute Gasteiger partial charge is 0.264 e. The molecular formula is C17H21N3O3S. The lowest BCUT2D eigenvalue weighted by molar-refractivity contribution is -0.0505. The van der Waals surface area contributed by atoms with E-state index >= 15 is 0 Å². The van der Waals surface area contributed by atoms with Crippen LogP contribution in [0.4, 0.5) is 0 Å². The van der Waals surface area contributed by atoms with E-state index in [1.165, 1.54) is 11.3 Å². The minimum atomic E-state index is 0.0862. The van der Waals surface area contributed by atoms with Gasteiger partial charge in [-0.2, -0.15) is 0 Å². The number of aromatic nitrogens is 1. The first-order valence-corrected chi connectivity index (χ1v) is 9.11. The summed E-state index contributed by atoms with van der Waals surface area (Å²) in [5, 5.41) is 5.99. The lowest BCUT2D eigenvalue weighted by atomic mass is 10.1. The van der Waals surface area contributed by atoms with Gasteiger partial charge in [0.2, 0.25) is 0 Å². The van der Waals surface area contributed by atoms with Gasteiger partial charge in [0.15, 0.2) is 0 Å². The van der Waals surface area contributed by atoms with E-state index in [9.17, 15) is 4.79 Å². The first kappa shape index (κ1) is 15.8. The Morgan fingerprint density at radius 2 is 2.29 bits per heavy atom. The van der Waals surface area contributed by atoms with Gasteiger partial charge in [-0.05, 0) is 25.3 Å². The number of carbonyl (C=O) groups excluding carboxylic acids is 1. The fraction of sp³-hybridized carbons (Fsp3) is 0.529. The quantitative estimate of drug-likeness (QED) is 0.851. The summed E-state index contributed by atoms with van der Waals surface area (Å²) in [6, 6.07) is 4.04. The Hall–Kier alpha value is -1.70. The summed E-state index contributed by atoms with van der Waals surface area (Å²) in [5.41, 5.74) is 2.10. The predicted octanol–water partition coefficient (Wildman–Crippen LogP) is 2.08. The van der Waals surface area contributed by atoms with Crippen LogP contribution in [0.25, 0.3) is 0 Å². The SMILES string of the molecule is Cc1noc(C)c1CN1CCO[C@@H]2CN(C(=O)c3cccs3)C[C@@H]21. The third kappa shape index (κ3) is 2.76. The first-order chi connectivity index (χ1) is 11.6. The zero-order chi connectivity index (χ0) is 16.7. The van der Waals surface area contributed by atoms with Gasteiger partial charge < -0.3 is 14.2 Å². The first-order valence-electron chi connectivity index (χ1n) is 8.23. The van der Waals surface area contributed by atoms with E-state index in [2.05, 4.69) is 10.1 Å². The van der Waals surface area contributed by atoms with Gasteiger partial charge in [-0.15, -0.1) is 11.3 Å². The lowest BCUT2D eigenvalue weighted by Crippen LogP contribution is -2.50. The number of nitrogens with zero attached hydrogens (tertiary/aromatic N) is 3. The summed E-state index contributed by atoms with van der Waals surface area (Å²) in [6.07, 6.45) is 0.0862. The standard InChI is InChI=1S/C17H21N3O3S/c1-11-13(12(2)23-18-11)8-19-5-6-22-15-10-20(9-14(15)19)17(21)16-4-3-7-24-16/h3-4,7,14-15H,5-6,8-10H2,1-2H3/t14-,15+/m0/s1. The van der Waals surface area contributed by atoms with Gasteiger partial charge in [-0.3, -0.25) is 9.69 Å². The van der Waals surface area contributed by atoms with E-state index in [-0.39, 0.29) is 18.1 Å². The maximum atomic E-state index is 12.6. The Labute approximate surface area is 145 Å². The van der Waals surface area contributed by atoms with Crippen LogP contribution in [0.5, 0.6) is 0 Å². The van der Waals surface area contributed by atoms with E-state index in [4.69, 9.17) is 9.26 Å². The molecule has 2 aliphatic heterocycles. The fourth-order valence-corrected chi connectivity index (χ4v) is 4.30. The van der Waals surface area contributed by atoms with E-state index in [1.807, 2.05) is 36.3 Å². The topological polar surface area (TPSA) is 58.8 Å². The van der Waals surface area contributed by atoms with Gasteiger partial charge in [0, 0.05) is 31.7 Å². The average Bonchev–Trinajstić information content (AvgIpc) is 3.30. The predicted molar refractivity (Wildman–Crippen MR) is 90.1 cm³/mol. The number of aryl methyl sites for hydroxylation is 2. The van der Waals surface area contributed by atoms with Crippen LogP contribution in [0.1, 0.15) is 26.7 Å². The Morgan fingerprint density at radius 1 is 1.42 bits per heavy atom. The Balaban J connectivity index is 1.50. The number of ether oxygens (including phenoxy) is 1. The number of amides is 1. The Kier molecular flexibility index (Phi) is 4.15.